The first kappa shape index (κ1) is 13.3. The highest BCUT2D eigenvalue weighted by molar-refractivity contribution is 7.92. The molecule has 6 heteroatoms. The number of Topliss-reactive ketones (excluding diaryl/α,β-unsaturated/α-hetero) is 1. The molecule has 0 fully saturated rings. The number of aromatic nitrogens is 1. The molecule has 0 unspecified atom stereocenters. The fraction of sp³-hybridized carbons (Fsp3) is 0.600. The first-order valence-electron chi connectivity index (χ1n) is 4.78. The van der Waals surface area contributed by atoms with Crippen molar-refractivity contribution >= 4 is 27.0 Å². The SMILES string of the molecule is Cc1nc(CC(=O)C(C)(C)S(C)(=O)=O)cs1. The van der Waals surface area contributed by atoms with E-state index in [0.29, 0.717) is 5.69 Å². The molecule has 0 bridgehead atoms. The van der Waals surface area contributed by atoms with Gasteiger partial charge in [0.05, 0.1) is 17.1 Å². The molecule has 0 aliphatic rings. The summed E-state index contributed by atoms with van der Waals surface area (Å²) in [6.07, 6.45) is 1.15. The van der Waals surface area contributed by atoms with E-state index in [4.69, 9.17) is 0 Å². The summed E-state index contributed by atoms with van der Waals surface area (Å²) in [6, 6.07) is 0. The van der Waals surface area contributed by atoms with Crippen LogP contribution in [0.15, 0.2) is 5.38 Å². The maximum atomic E-state index is 11.9. The van der Waals surface area contributed by atoms with Crippen molar-refractivity contribution in [1.29, 1.82) is 0 Å². The predicted molar refractivity (Wildman–Crippen MR) is 64.5 cm³/mol. The second-order valence-corrected chi connectivity index (χ2v) is 7.87. The first-order chi connectivity index (χ1) is 7.14. The van der Waals surface area contributed by atoms with Gasteiger partial charge in [0, 0.05) is 11.6 Å². The van der Waals surface area contributed by atoms with E-state index in [1.807, 2.05) is 6.92 Å². The zero-order chi connectivity index (χ0) is 12.6. The van der Waals surface area contributed by atoms with Crippen molar-refractivity contribution in [3.8, 4) is 0 Å². The minimum absolute atomic E-state index is 0.0738. The number of aryl methyl sites for hydroxylation is 1. The first-order valence-corrected chi connectivity index (χ1v) is 7.55. The van der Waals surface area contributed by atoms with Crippen LogP contribution in [0, 0.1) is 6.92 Å². The second kappa shape index (κ2) is 4.25. The van der Waals surface area contributed by atoms with Gasteiger partial charge in [0.25, 0.3) is 0 Å². The van der Waals surface area contributed by atoms with Crippen LogP contribution in [0.4, 0.5) is 0 Å². The highest BCUT2D eigenvalue weighted by Gasteiger charge is 2.37. The van der Waals surface area contributed by atoms with Gasteiger partial charge in [-0.25, -0.2) is 13.4 Å². The number of hydrogen-bond acceptors (Lipinski definition) is 5. The Morgan fingerprint density at radius 3 is 2.44 bits per heavy atom. The largest absolute Gasteiger partial charge is 0.298 e. The lowest BCUT2D eigenvalue weighted by atomic mass is 10.0. The second-order valence-electron chi connectivity index (χ2n) is 4.24. The Kier molecular flexibility index (Phi) is 3.54. The van der Waals surface area contributed by atoms with Crippen LogP contribution in [0.2, 0.25) is 0 Å². The Morgan fingerprint density at radius 2 is 2.06 bits per heavy atom. The van der Waals surface area contributed by atoms with Crippen LogP contribution >= 0.6 is 11.3 Å². The molecular formula is C10H15NO3S2. The van der Waals surface area contributed by atoms with Crippen LogP contribution in [0.1, 0.15) is 24.5 Å². The third kappa shape index (κ3) is 2.68. The summed E-state index contributed by atoms with van der Waals surface area (Å²) in [5.41, 5.74) is 0.643. The average Bonchev–Trinajstić information content (AvgIpc) is 2.49. The Bertz CT molecular complexity index is 500. The fourth-order valence-corrected chi connectivity index (χ4v) is 2.17. The van der Waals surface area contributed by atoms with Crippen LogP contribution in [0.25, 0.3) is 0 Å². The molecule has 0 radical (unpaired) electrons. The van der Waals surface area contributed by atoms with Gasteiger partial charge in [-0.2, -0.15) is 0 Å². The zero-order valence-electron chi connectivity index (χ0n) is 9.77. The highest BCUT2D eigenvalue weighted by atomic mass is 32.2. The molecule has 0 aliphatic heterocycles. The van der Waals surface area contributed by atoms with Crippen LogP contribution in [0.5, 0.6) is 0 Å². The molecule has 0 saturated heterocycles. The lowest BCUT2D eigenvalue weighted by molar-refractivity contribution is -0.120. The van der Waals surface area contributed by atoms with Crippen molar-refractivity contribution in [2.24, 2.45) is 0 Å². The van der Waals surface area contributed by atoms with E-state index in [1.54, 1.807) is 5.38 Å². The molecule has 16 heavy (non-hydrogen) atoms. The molecular weight excluding hydrogens is 246 g/mol. The Balaban J connectivity index is 2.89. The van der Waals surface area contributed by atoms with E-state index < -0.39 is 14.6 Å². The number of sulfone groups is 1. The van der Waals surface area contributed by atoms with E-state index in [2.05, 4.69) is 4.98 Å². The predicted octanol–water partition coefficient (Wildman–Crippen LogP) is 1.39. The molecule has 1 aromatic rings. The van der Waals surface area contributed by atoms with Crippen molar-refractivity contribution in [3.63, 3.8) is 0 Å². The zero-order valence-corrected chi connectivity index (χ0v) is 11.4. The van der Waals surface area contributed by atoms with Gasteiger partial charge >= 0.3 is 0 Å². The van der Waals surface area contributed by atoms with Crippen molar-refractivity contribution in [2.45, 2.75) is 31.9 Å². The van der Waals surface area contributed by atoms with E-state index >= 15 is 0 Å². The van der Waals surface area contributed by atoms with Gasteiger partial charge in [0.15, 0.2) is 15.6 Å². The molecule has 0 spiro atoms. The summed E-state index contributed by atoms with van der Waals surface area (Å²) in [6.45, 7) is 4.72. The van der Waals surface area contributed by atoms with Crippen molar-refractivity contribution in [3.05, 3.63) is 16.1 Å². The summed E-state index contributed by atoms with van der Waals surface area (Å²) in [4.78, 5) is 16.0. The monoisotopic (exact) mass is 261 g/mol. The normalized spacial score (nSPS) is 12.8. The lowest BCUT2D eigenvalue weighted by Crippen LogP contribution is -2.40. The molecule has 90 valence electrons. The van der Waals surface area contributed by atoms with Gasteiger partial charge in [-0.05, 0) is 20.8 Å². The molecule has 0 N–H and O–H groups in total. The molecule has 1 aromatic heterocycles. The summed E-state index contributed by atoms with van der Waals surface area (Å²) in [7, 11) is -3.39. The highest BCUT2D eigenvalue weighted by Crippen LogP contribution is 2.19. The van der Waals surface area contributed by atoms with Crippen molar-refractivity contribution < 1.29 is 13.2 Å². The van der Waals surface area contributed by atoms with Gasteiger partial charge < -0.3 is 0 Å². The molecule has 0 aliphatic carbocycles. The molecule has 4 nitrogen and oxygen atoms in total. The number of rotatable bonds is 4. The van der Waals surface area contributed by atoms with E-state index in [0.717, 1.165) is 11.3 Å². The van der Waals surface area contributed by atoms with Gasteiger partial charge in [-0.15, -0.1) is 11.3 Å². The molecule has 1 rings (SSSR count). The van der Waals surface area contributed by atoms with E-state index in [-0.39, 0.29) is 12.2 Å². The van der Waals surface area contributed by atoms with E-state index in [9.17, 15) is 13.2 Å². The smallest absolute Gasteiger partial charge is 0.159 e. The molecule has 0 saturated carbocycles. The number of hydrogen-bond donors (Lipinski definition) is 0. The van der Waals surface area contributed by atoms with Gasteiger partial charge in [-0.3, -0.25) is 4.79 Å². The number of nitrogens with zero attached hydrogens (tertiary/aromatic N) is 1. The summed E-state index contributed by atoms with van der Waals surface area (Å²) < 4.78 is 21.6. The Morgan fingerprint density at radius 1 is 1.50 bits per heavy atom. The van der Waals surface area contributed by atoms with Crippen LogP contribution in [0.3, 0.4) is 0 Å². The van der Waals surface area contributed by atoms with Gasteiger partial charge in [-0.1, -0.05) is 0 Å². The quantitative estimate of drug-likeness (QED) is 0.821. The minimum Gasteiger partial charge on any atom is -0.298 e. The van der Waals surface area contributed by atoms with Crippen LogP contribution in [-0.4, -0.2) is 30.2 Å². The Labute approximate surface area is 99.6 Å². The summed E-state index contributed by atoms with van der Waals surface area (Å²) in [5, 5.41) is 2.66. The maximum Gasteiger partial charge on any atom is 0.159 e. The average molecular weight is 261 g/mol. The van der Waals surface area contributed by atoms with Crippen molar-refractivity contribution in [2.75, 3.05) is 6.26 Å². The van der Waals surface area contributed by atoms with Gasteiger partial charge in [0.2, 0.25) is 0 Å². The van der Waals surface area contributed by atoms with Crippen LogP contribution < -0.4 is 0 Å². The standard InChI is InChI=1S/C10H15NO3S2/c1-7-11-8(6-15-7)5-9(12)10(2,3)16(4,13)14/h6H,5H2,1-4H3. The minimum atomic E-state index is -3.39. The number of thiazole rings is 1. The summed E-state index contributed by atoms with van der Waals surface area (Å²) >= 11 is 1.45. The molecule has 0 aromatic carbocycles. The van der Waals surface area contributed by atoms with Crippen LogP contribution in [-0.2, 0) is 21.1 Å². The molecule has 1 heterocycles. The Hall–Kier alpha value is -0.750. The topological polar surface area (TPSA) is 64.1 Å². The fourth-order valence-electron chi connectivity index (χ4n) is 1.07. The van der Waals surface area contributed by atoms with E-state index in [1.165, 1.54) is 25.2 Å². The van der Waals surface area contributed by atoms with Gasteiger partial charge in [0.1, 0.15) is 4.75 Å². The molecule has 0 amide bonds. The maximum absolute atomic E-state index is 11.9. The third-order valence-corrected chi connectivity index (χ3v) is 5.51. The third-order valence-electron chi connectivity index (χ3n) is 2.61. The number of carbonyl (C=O) groups is 1. The number of carbonyl (C=O) groups excluding carboxylic acids is 1. The molecule has 0 atom stereocenters. The summed E-state index contributed by atoms with van der Waals surface area (Å²) in [5.74, 6) is -0.319. The number of ketones is 1. The van der Waals surface area contributed by atoms with Crippen molar-refractivity contribution in [1.82, 2.24) is 4.98 Å². The lowest BCUT2D eigenvalue weighted by Gasteiger charge is -2.20.